The first-order chi connectivity index (χ1) is 11.9. The van der Waals surface area contributed by atoms with E-state index in [4.69, 9.17) is 33.6 Å². The highest BCUT2D eigenvalue weighted by Gasteiger charge is 2.16. The second kappa shape index (κ2) is 7.34. The zero-order chi connectivity index (χ0) is 18.0. The molecular formula is C14H12Cl2N6O2S. The number of thioether (sulfide) groups is 1. The number of carbonyl (C=O) groups excluding carboxylic acids is 1. The van der Waals surface area contributed by atoms with Gasteiger partial charge in [0.25, 0.3) is 0 Å². The van der Waals surface area contributed by atoms with Gasteiger partial charge in [0, 0.05) is 16.7 Å². The smallest absolute Gasteiger partial charge is 0.236 e. The molecule has 0 saturated heterocycles. The van der Waals surface area contributed by atoms with Crippen molar-refractivity contribution in [3.05, 3.63) is 40.1 Å². The lowest BCUT2D eigenvalue weighted by Crippen LogP contribution is -2.16. The lowest BCUT2D eigenvalue weighted by atomic mass is 10.2. The van der Waals surface area contributed by atoms with E-state index in [-0.39, 0.29) is 11.7 Å². The highest BCUT2D eigenvalue weighted by Crippen LogP contribution is 2.30. The molecule has 0 bridgehead atoms. The Morgan fingerprint density at radius 2 is 2.16 bits per heavy atom. The van der Waals surface area contributed by atoms with Crippen LogP contribution in [0.25, 0.3) is 11.4 Å². The van der Waals surface area contributed by atoms with Gasteiger partial charge in [0.15, 0.2) is 11.6 Å². The average molecular weight is 399 g/mol. The Morgan fingerprint density at radius 1 is 1.36 bits per heavy atom. The molecule has 0 aliphatic rings. The van der Waals surface area contributed by atoms with E-state index >= 15 is 0 Å². The monoisotopic (exact) mass is 398 g/mol. The Hall–Kier alpha value is -2.23. The summed E-state index contributed by atoms with van der Waals surface area (Å²) in [5.41, 5.74) is 0.593. The van der Waals surface area contributed by atoms with Crippen LogP contribution >= 0.6 is 35.0 Å². The van der Waals surface area contributed by atoms with Crippen LogP contribution in [0.15, 0.2) is 33.9 Å². The zero-order valence-corrected chi connectivity index (χ0v) is 15.2. The standard InChI is InChI=1S/C14H12Cl2N6O2S/c1-7-4-11(21-24-7)18-12(23)6-25-14-20-19-13(22(14)17)9-3-2-8(15)5-10(9)16/h2-5H,6,17H2,1H3,(H,18,21,23). The van der Waals surface area contributed by atoms with Gasteiger partial charge in [-0.3, -0.25) is 4.79 Å². The lowest BCUT2D eigenvalue weighted by Gasteiger charge is -2.05. The van der Waals surface area contributed by atoms with Crippen LogP contribution < -0.4 is 11.2 Å². The summed E-state index contributed by atoms with van der Waals surface area (Å²) in [7, 11) is 0. The Balaban J connectivity index is 1.68. The summed E-state index contributed by atoms with van der Waals surface area (Å²) in [6, 6.07) is 6.59. The molecule has 3 aromatic rings. The van der Waals surface area contributed by atoms with Gasteiger partial charge in [-0.2, -0.15) is 0 Å². The summed E-state index contributed by atoms with van der Waals surface area (Å²) in [4.78, 5) is 11.9. The predicted molar refractivity (Wildman–Crippen MR) is 96.2 cm³/mol. The molecule has 0 fully saturated rings. The first kappa shape index (κ1) is 17.6. The van der Waals surface area contributed by atoms with Crippen molar-refractivity contribution in [2.45, 2.75) is 12.1 Å². The highest BCUT2D eigenvalue weighted by molar-refractivity contribution is 7.99. The molecule has 1 aromatic carbocycles. The lowest BCUT2D eigenvalue weighted by molar-refractivity contribution is -0.113. The quantitative estimate of drug-likeness (QED) is 0.501. The van der Waals surface area contributed by atoms with Crippen LogP contribution in [0.3, 0.4) is 0 Å². The molecule has 0 spiro atoms. The first-order valence-electron chi connectivity index (χ1n) is 6.96. The number of rotatable bonds is 5. The maximum atomic E-state index is 11.9. The van der Waals surface area contributed by atoms with Crippen LogP contribution in [-0.2, 0) is 4.79 Å². The third kappa shape index (κ3) is 4.06. The zero-order valence-electron chi connectivity index (χ0n) is 12.9. The number of nitrogens with two attached hydrogens (primary N) is 1. The van der Waals surface area contributed by atoms with Crippen molar-refractivity contribution in [2.75, 3.05) is 16.9 Å². The fourth-order valence-corrected chi connectivity index (χ4v) is 3.11. The summed E-state index contributed by atoms with van der Waals surface area (Å²) in [5.74, 6) is 7.14. The molecule has 0 aliphatic carbocycles. The molecule has 0 atom stereocenters. The number of nitrogens with one attached hydrogen (secondary N) is 1. The molecule has 0 saturated carbocycles. The molecule has 0 radical (unpaired) electrons. The number of benzene rings is 1. The molecule has 1 amide bonds. The number of carbonyl (C=O) groups is 1. The number of aryl methyl sites for hydroxylation is 1. The van der Waals surface area contributed by atoms with E-state index in [0.717, 1.165) is 11.8 Å². The van der Waals surface area contributed by atoms with Gasteiger partial charge in [-0.05, 0) is 25.1 Å². The maximum absolute atomic E-state index is 11.9. The van der Waals surface area contributed by atoms with Gasteiger partial charge in [-0.1, -0.05) is 40.1 Å². The predicted octanol–water partition coefficient (Wildman–Crippen LogP) is 2.99. The number of anilines is 1. The van der Waals surface area contributed by atoms with E-state index in [0.29, 0.717) is 38.2 Å². The summed E-state index contributed by atoms with van der Waals surface area (Å²) in [5, 5.41) is 15.6. The Bertz CT molecular complexity index is 926. The Labute approximate surface area is 156 Å². The molecule has 3 rings (SSSR count). The van der Waals surface area contributed by atoms with E-state index in [1.54, 1.807) is 31.2 Å². The van der Waals surface area contributed by atoms with E-state index < -0.39 is 0 Å². The molecule has 130 valence electrons. The van der Waals surface area contributed by atoms with Crippen LogP contribution in [0.2, 0.25) is 10.0 Å². The second-order valence-electron chi connectivity index (χ2n) is 4.96. The van der Waals surface area contributed by atoms with Crippen molar-refractivity contribution in [2.24, 2.45) is 0 Å². The number of amides is 1. The molecule has 2 heterocycles. The molecular weight excluding hydrogens is 387 g/mol. The molecule has 3 N–H and O–H groups in total. The molecule has 8 nitrogen and oxygen atoms in total. The second-order valence-corrected chi connectivity index (χ2v) is 6.75. The van der Waals surface area contributed by atoms with Gasteiger partial charge >= 0.3 is 0 Å². The minimum atomic E-state index is -0.271. The van der Waals surface area contributed by atoms with E-state index in [1.807, 2.05) is 0 Å². The van der Waals surface area contributed by atoms with Gasteiger partial charge in [0.05, 0.1) is 10.8 Å². The fraction of sp³-hybridized carbons (Fsp3) is 0.143. The van der Waals surface area contributed by atoms with Crippen LogP contribution in [0.4, 0.5) is 5.82 Å². The number of nitrogens with zero attached hydrogens (tertiary/aromatic N) is 4. The molecule has 11 heteroatoms. The summed E-state index contributed by atoms with van der Waals surface area (Å²) >= 11 is 13.2. The van der Waals surface area contributed by atoms with Crippen LogP contribution in [-0.4, -0.2) is 31.7 Å². The average Bonchev–Trinajstić information content (AvgIpc) is 3.12. The number of hydrogen-bond acceptors (Lipinski definition) is 7. The summed E-state index contributed by atoms with van der Waals surface area (Å²) < 4.78 is 6.15. The van der Waals surface area contributed by atoms with Gasteiger partial charge in [0.1, 0.15) is 5.76 Å². The fourth-order valence-electron chi connectivity index (χ4n) is 1.96. The topological polar surface area (TPSA) is 112 Å². The molecule has 0 unspecified atom stereocenters. The summed E-state index contributed by atoms with van der Waals surface area (Å²) in [6.07, 6.45) is 0. The first-order valence-corrected chi connectivity index (χ1v) is 8.70. The normalized spacial score (nSPS) is 10.8. The van der Waals surface area contributed by atoms with Crippen molar-refractivity contribution >= 4 is 46.7 Å². The number of aromatic nitrogens is 4. The third-order valence-corrected chi connectivity index (χ3v) is 4.56. The van der Waals surface area contributed by atoms with Crippen LogP contribution in [0.1, 0.15) is 5.76 Å². The van der Waals surface area contributed by atoms with Crippen molar-refractivity contribution in [1.82, 2.24) is 20.0 Å². The van der Waals surface area contributed by atoms with Gasteiger partial charge < -0.3 is 15.7 Å². The molecule has 2 aromatic heterocycles. The van der Waals surface area contributed by atoms with Crippen molar-refractivity contribution in [3.63, 3.8) is 0 Å². The largest absolute Gasteiger partial charge is 0.360 e. The Kier molecular flexibility index (Phi) is 5.16. The summed E-state index contributed by atoms with van der Waals surface area (Å²) in [6.45, 7) is 1.73. The van der Waals surface area contributed by atoms with Gasteiger partial charge in [-0.25, -0.2) is 4.68 Å². The van der Waals surface area contributed by atoms with Gasteiger partial charge in [-0.15, -0.1) is 10.2 Å². The van der Waals surface area contributed by atoms with Crippen LogP contribution in [0, 0.1) is 6.92 Å². The Morgan fingerprint density at radius 3 is 2.84 bits per heavy atom. The van der Waals surface area contributed by atoms with E-state index in [9.17, 15) is 4.79 Å². The number of nitrogen functional groups attached to an aromatic ring is 1. The van der Waals surface area contributed by atoms with E-state index in [2.05, 4.69) is 20.7 Å². The van der Waals surface area contributed by atoms with E-state index in [1.165, 1.54) is 4.68 Å². The third-order valence-electron chi connectivity index (χ3n) is 3.06. The van der Waals surface area contributed by atoms with Gasteiger partial charge in [0.2, 0.25) is 11.1 Å². The minimum Gasteiger partial charge on any atom is -0.360 e. The molecule has 0 aliphatic heterocycles. The van der Waals surface area contributed by atoms with Crippen molar-refractivity contribution in [1.29, 1.82) is 0 Å². The highest BCUT2D eigenvalue weighted by atomic mass is 35.5. The van der Waals surface area contributed by atoms with Crippen molar-refractivity contribution < 1.29 is 9.32 Å². The van der Waals surface area contributed by atoms with Crippen LogP contribution in [0.5, 0.6) is 0 Å². The van der Waals surface area contributed by atoms with Crippen molar-refractivity contribution in [3.8, 4) is 11.4 Å². The SMILES string of the molecule is Cc1cc(NC(=O)CSc2nnc(-c3ccc(Cl)cc3Cl)n2N)no1. The molecule has 25 heavy (non-hydrogen) atoms. The number of halogens is 2. The maximum Gasteiger partial charge on any atom is 0.236 e. The minimum absolute atomic E-state index is 0.0790. The number of hydrogen-bond donors (Lipinski definition) is 2.